The van der Waals surface area contributed by atoms with Crippen molar-refractivity contribution in [1.82, 2.24) is 10.2 Å². The number of amides is 3. The van der Waals surface area contributed by atoms with Gasteiger partial charge in [0, 0.05) is 12.6 Å². The van der Waals surface area contributed by atoms with Gasteiger partial charge in [0.2, 0.25) is 0 Å². The number of amidine groups is 1. The van der Waals surface area contributed by atoms with Crippen LogP contribution in [0.1, 0.15) is 55.3 Å². The van der Waals surface area contributed by atoms with Crippen molar-refractivity contribution in [2.24, 2.45) is 4.99 Å². The van der Waals surface area contributed by atoms with Gasteiger partial charge in [-0.25, -0.2) is 13.6 Å². The molecule has 2 aliphatic heterocycles. The Kier molecular flexibility index (Phi) is 6.64. The van der Waals surface area contributed by atoms with Gasteiger partial charge < -0.3 is 9.64 Å². The molecule has 36 heavy (non-hydrogen) atoms. The van der Waals surface area contributed by atoms with Crippen LogP contribution in [0.4, 0.5) is 19.3 Å². The monoisotopic (exact) mass is 496 g/mol. The van der Waals surface area contributed by atoms with Crippen molar-refractivity contribution in [3.05, 3.63) is 59.7 Å². The molecular weight excluding hydrogens is 466 g/mol. The van der Waals surface area contributed by atoms with E-state index in [-0.39, 0.29) is 24.2 Å². The Morgan fingerprint density at radius 2 is 1.81 bits per heavy atom. The fraction of sp³-hybridized carbons (Fsp3) is 0.444. The van der Waals surface area contributed by atoms with Gasteiger partial charge in [0.1, 0.15) is 28.8 Å². The topological polar surface area (TPSA) is 74.2 Å². The molecule has 9 heteroatoms. The number of para-hydroxylation sites is 1. The van der Waals surface area contributed by atoms with Crippen LogP contribution in [0.15, 0.2) is 47.5 Å². The molecular formula is C27H30F2N4O3. The lowest BCUT2D eigenvalue weighted by Crippen LogP contribution is -2.61. The van der Waals surface area contributed by atoms with E-state index in [0.717, 1.165) is 50.3 Å². The number of likely N-dealkylation sites (tertiary alicyclic amines) is 1. The predicted octanol–water partition coefficient (Wildman–Crippen LogP) is 4.91. The Balaban J connectivity index is 1.57. The number of hydrogen-bond acceptors (Lipinski definition) is 4. The van der Waals surface area contributed by atoms with Gasteiger partial charge in [0.15, 0.2) is 0 Å². The van der Waals surface area contributed by atoms with Crippen molar-refractivity contribution in [1.29, 1.82) is 0 Å². The number of anilines is 1. The highest BCUT2D eigenvalue weighted by Crippen LogP contribution is 2.39. The number of benzene rings is 2. The Morgan fingerprint density at radius 3 is 2.53 bits per heavy atom. The highest BCUT2D eigenvalue weighted by atomic mass is 19.1. The molecule has 1 unspecified atom stereocenters. The van der Waals surface area contributed by atoms with Crippen molar-refractivity contribution in [2.45, 2.75) is 56.5 Å². The van der Waals surface area contributed by atoms with Gasteiger partial charge in [-0.1, -0.05) is 31.4 Å². The average Bonchev–Trinajstić information content (AvgIpc) is 3.13. The number of methoxy groups -OCH3 is 1. The summed E-state index contributed by atoms with van der Waals surface area (Å²) in [5, 5.41) is 2.90. The van der Waals surface area contributed by atoms with E-state index < -0.39 is 23.2 Å². The maximum atomic E-state index is 14.2. The number of piperidine rings is 1. The van der Waals surface area contributed by atoms with Crippen LogP contribution in [0.3, 0.4) is 0 Å². The Hall–Kier alpha value is -3.49. The molecule has 1 spiro atoms. The van der Waals surface area contributed by atoms with Crippen LogP contribution in [0, 0.1) is 11.6 Å². The lowest BCUT2D eigenvalue weighted by atomic mass is 9.85. The van der Waals surface area contributed by atoms with E-state index in [4.69, 9.17) is 9.73 Å². The number of carbonyl (C=O) groups excluding carboxylic acids is 2. The molecule has 5 rings (SSSR count). The van der Waals surface area contributed by atoms with Crippen molar-refractivity contribution < 1.29 is 23.1 Å². The highest BCUT2D eigenvalue weighted by Gasteiger charge is 2.54. The molecule has 0 radical (unpaired) electrons. The van der Waals surface area contributed by atoms with Crippen LogP contribution in [0.2, 0.25) is 0 Å². The van der Waals surface area contributed by atoms with Crippen molar-refractivity contribution in [3.63, 3.8) is 0 Å². The average molecular weight is 497 g/mol. The Bertz CT molecular complexity index is 1180. The number of nitrogens with zero attached hydrogens (tertiary/aromatic N) is 3. The predicted molar refractivity (Wildman–Crippen MR) is 133 cm³/mol. The number of carbonyl (C=O) groups is 2. The molecule has 2 saturated heterocycles. The van der Waals surface area contributed by atoms with E-state index in [2.05, 4.69) is 5.32 Å². The zero-order valence-corrected chi connectivity index (χ0v) is 20.3. The van der Waals surface area contributed by atoms with Gasteiger partial charge in [-0.3, -0.25) is 20.0 Å². The number of rotatable bonds is 4. The first-order valence-corrected chi connectivity index (χ1v) is 12.5. The number of halogens is 2. The summed E-state index contributed by atoms with van der Waals surface area (Å²) in [5.41, 5.74) is -0.529. The van der Waals surface area contributed by atoms with E-state index in [0.29, 0.717) is 36.5 Å². The second kappa shape index (κ2) is 9.87. The minimum absolute atomic E-state index is 0.0652. The van der Waals surface area contributed by atoms with Crippen molar-refractivity contribution in [3.8, 4) is 5.75 Å². The number of hydrogen-bond donors (Lipinski definition) is 1. The Labute approximate surface area is 209 Å². The second-order valence-corrected chi connectivity index (χ2v) is 9.72. The van der Waals surface area contributed by atoms with Gasteiger partial charge in [0.25, 0.3) is 5.91 Å². The molecule has 1 saturated carbocycles. The molecule has 3 amide bonds. The van der Waals surface area contributed by atoms with Crippen LogP contribution in [-0.2, 0) is 0 Å². The van der Waals surface area contributed by atoms with Crippen LogP contribution in [-0.4, -0.2) is 54.5 Å². The fourth-order valence-electron chi connectivity index (χ4n) is 5.73. The first-order valence-electron chi connectivity index (χ1n) is 12.5. The largest absolute Gasteiger partial charge is 0.496 e. The standard InChI is InChI=1S/C27H30F2N4O3/c1-36-23-11-6-5-10-22(23)24(34)32-13-7-12-27(17-32)25(30-20-8-3-2-4-9-20)31-26(35)33(27)21-15-18(28)14-19(29)16-21/h5-6,10-11,14-16,20H,2-4,7-9,12-13,17H2,1H3,(H,30,31,35). The SMILES string of the molecule is COc1ccccc1C(=O)N1CCCC2(C1)C(=NC1CCCCC1)NC(=O)N2c1cc(F)cc(F)c1. The van der Waals surface area contributed by atoms with Gasteiger partial charge >= 0.3 is 6.03 Å². The third-order valence-electron chi connectivity index (χ3n) is 7.38. The summed E-state index contributed by atoms with van der Waals surface area (Å²) in [7, 11) is 1.51. The van der Waals surface area contributed by atoms with E-state index in [1.54, 1.807) is 29.2 Å². The van der Waals surface area contributed by atoms with Gasteiger partial charge in [-0.15, -0.1) is 0 Å². The third-order valence-corrected chi connectivity index (χ3v) is 7.38. The van der Waals surface area contributed by atoms with E-state index in [9.17, 15) is 18.4 Å². The van der Waals surface area contributed by atoms with Gasteiger partial charge in [-0.2, -0.15) is 0 Å². The minimum Gasteiger partial charge on any atom is -0.496 e. The molecule has 0 aromatic heterocycles. The summed E-state index contributed by atoms with van der Waals surface area (Å²) >= 11 is 0. The lowest BCUT2D eigenvalue weighted by molar-refractivity contribution is 0.0683. The van der Waals surface area contributed by atoms with E-state index in [1.807, 2.05) is 0 Å². The molecule has 1 atom stereocenters. The van der Waals surface area contributed by atoms with Crippen molar-refractivity contribution >= 4 is 23.5 Å². The molecule has 3 aliphatic rings. The third kappa shape index (κ3) is 4.42. The molecule has 1 N–H and O–H groups in total. The van der Waals surface area contributed by atoms with Gasteiger partial charge in [-0.05, 0) is 49.9 Å². The van der Waals surface area contributed by atoms with Crippen LogP contribution in [0.25, 0.3) is 0 Å². The fourth-order valence-corrected chi connectivity index (χ4v) is 5.73. The van der Waals surface area contributed by atoms with E-state index >= 15 is 0 Å². The molecule has 190 valence electrons. The summed E-state index contributed by atoms with van der Waals surface area (Å²) in [6.45, 7) is 0.626. The number of aliphatic imine (C=N–C) groups is 1. The number of ether oxygens (including phenoxy) is 1. The summed E-state index contributed by atoms with van der Waals surface area (Å²) in [4.78, 5) is 35.0. The first kappa shape index (κ1) is 24.2. The van der Waals surface area contributed by atoms with Crippen LogP contribution < -0.4 is 15.0 Å². The number of urea groups is 1. The minimum atomic E-state index is -1.05. The molecule has 3 fully saturated rings. The molecule has 2 heterocycles. The quantitative estimate of drug-likeness (QED) is 0.654. The lowest BCUT2D eigenvalue weighted by Gasteiger charge is -2.44. The highest BCUT2D eigenvalue weighted by molar-refractivity contribution is 6.19. The molecule has 0 bridgehead atoms. The summed E-state index contributed by atoms with van der Waals surface area (Å²) in [6.07, 6.45) is 6.24. The molecule has 1 aliphatic carbocycles. The summed E-state index contributed by atoms with van der Waals surface area (Å²) in [6, 6.07) is 9.64. The number of nitrogens with one attached hydrogen (secondary N) is 1. The molecule has 7 nitrogen and oxygen atoms in total. The summed E-state index contributed by atoms with van der Waals surface area (Å²) < 4.78 is 33.9. The Morgan fingerprint density at radius 1 is 1.08 bits per heavy atom. The normalized spacial score (nSPS) is 23.9. The van der Waals surface area contributed by atoms with Crippen LogP contribution in [0.5, 0.6) is 5.75 Å². The molecule has 2 aromatic carbocycles. The van der Waals surface area contributed by atoms with Gasteiger partial charge in [0.05, 0.1) is 30.9 Å². The van der Waals surface area contributed by atoms with E-state index in [1.165, 1.54) is 12.0 Å². The second-order valence-electron chi connectivity index (χ2n) is 9.72. The zero-order valence-electron chi connectivity index (χ0n) is 20.3. The maximum absolute atomic E-state index is 14.2. The smallest absolute Gasteiger partial charge is 0.328 e. The zero-order chi connectivity index (χ0) is 25.3. The van der Waals surface area contributed by atoms with Crippen LogP contribution >= 0.6 is 0 Å². The molecule has 2 aromatic rings. The first-order chi connectivity index (χ1) is 17.4. The van der Waals surface area contributed by atoms with Crippen molar-refractivity contribution in [2.75, 3.05) is 25.1 Å². The summed E-state index contributed by atoms with van der Waals surface area (Å²) in [5.74, 6) is -0.843. The maximum Gasteiger partial charge on any atom is 0.328 e.